The van der Waals surface area contributed by atoms with Gasteiger partial charge in [-0.2, -0.15) is 0 Å². The molecule has 0 aromatic rings. The predicted molar refractivity (Wildman–Crippen MR) is 74.2 cm³/mol. The number of nitrogens with one attached hydrogen (secondary N) is 1. The Labute approximate surface area is 109 Å². The fraction of sp³-hybridized carbons (Fsp3) is 0.769. The van der Waals surface area contributed by atoms with Crippen LogP contribution in [-0.4, -0.2) is 29.7 Å². The Bertz CT molecular complexity index is 250. The Hall–Kier alpha value is -0.660. The summed E-state index contributed by atoms with van der Waals surface area (Å²) < 4.78 is 5.52. The summed E-state index contributed by atoms with van der Waals surface area (Å²) in [7, 11) is 0. The molecule has 2 atom stereocenters. The molecule has 0 aromatic heterocycles. The van der Waals surface area contributed by atoms with Crippen LogP contribution in [0.4, 0.5) is 4.79 Å². The highest BCUT2D eigenvalue weighted by atomic mass is 32.2. The van der Waals surface area contributed by atoms with Crippen LogP contribution in [0.25, 0.3) is 0 Å². The van der Waals surface area contributed by atoms with Gasteiger partial charge in [-0.25, -0.2) is 0 Å². The van der Waals surface area contributed by atoms with Gasteiger partial charge in [0, 0.05) is 6.04 Å². The van der Waals surface area contributed by atoms with Crippen LogP contribution in [0.2, 0.25) is 0 Å². The van der Waals surface area contributed by atoms with Gasteiger partial charge in [0.15, 0.2) is 0 Å². The summed E-state index contributed by atoms with van der Waals surface area (Å²) in [5.74, 6) is 3.27. The number of ether oxygens (including phenoxy) is 1. The van der Waals surface area contributed by atoms with Crippen LogP contribution in [0, 0.1) is 12.3 Å². The van der Waals surface area contributed by atoms with Crippen LogP contribution in [0.15, 0.2) is 0 Å². The van der Waals surface area contributed by atoms with E-state index in [2.05, 4.69) is 25.1 Å². The van der Waals surface area contributed by atoms with E-state index in [1.807, 2.05) is 6.92 Å². The molecule has 0 radical (unpaired) electrons. The van der Waals surface area contributed by atoms with E-state index in [-0.39, 0.29) is 17.4 Å². The van der Waals surface area contributed by atoms with E-state index in [0.29, 0.717) is 6.61 Å². The zero-order valence-electron chi connectivity index (χ0n) is 11.0. The maximum absolute atomic E-state index is 11.5. The Morgan fingerprint density at radius 3 is 2.59 bits per heavy atom. The molecule has 0 aromatic carbocycles. The number of carbonyl (C=O) groups is 1. The van der Waals surface area contributed by atoms with Crippen molar-refractivity contribution in [3.05, 3.63) is 0 Å². The molecule has 0 aliphatic rings. The van der Waals surface area contributed by atoms with Crippen LogP contribution >= 0.6 is 11.8 Å². The molecule has 0 aliphatic heterocycles. The van der Waals surface area contributed by atoms with Gasteiger partial charge in [-0.15, -0.1) is 6.42 Å². The molecule has 0 heterocycles. The van der Waals surface area contributed by atoms with Gasteiger partial charge in [0.25, 0.3) is 5.24 Å². The van der Waals surface area contributed by atoms with Crippen molar-refractivity contribution in [2.45, 2.75) is 52.2 Å². The van der Waals surface area contributed by atoms with E-state index in [9.17, 15) is 4.79 Å². The first-order chi connectivity index (χ1) is 8.17. The van der Waals surface area contributed by atoms with E-state index < -0.39 is 0 Å². The summed E-state index contributed by atoms with van der Waals surface area (Å²) >= 11 is 1.30. The molecular weight excluding hydrogens is 234 g/mol. The first kappa shape index (κ1) is 16.3. The normalized spacial score (nSPS) is 13.8. The average molecular weight is 257 g/mol. The number of hydrogen-bond acceptors (Lipinski definition) is 3. The van der Waals surface area contributed by atoms with E-state index >= 15 is 0 Å². The molecule has 0 fully saturated rings. The number of amides is 1. The van der Waals surface area contributed by atoms with Crippen LogP contribution in [0.3, 0.4) is 0 Å². The lowest BCUT2D eigenvalue weighted by Gasteiger charge is -2.22. The third-order valence-corrected chi connectivity index (χ3v) is 3.16. The van der Waals surface area contributed by atoms with Gasteiger partial charge in [0.05, 0.1) is 6.10 Å². The third-order valence-electron chi connectivity index (χ3n) is 2.50. The van der Waals surface area contributed by atoms with Gasteiger partial charge in [0.2, 0.25) is 0 Å². The second-order valence-electron chi connectivity index (χ2n) is 3.75. The van der Waals surface area contributed by atoms with Gasteiger partial charge in [-0.05, 0) is 25.0 Å². The van der Waals surface area contributed by atoms with E-state index in [4.69, 9.17) is 11.2 Å². The zero-order valence-corrected chi connectivity index (χ0v) is 11.8. The quantitative estimate of drug-likeness (QED) is 0.679. The number of thioether (sulfide) groups is 1. The lowest BCUT2D eigenvalue weighted by Crippen LogP contribution is -2.35. The number of carbonyl (C=O) groups excluding carboxylic acids is 1. The monoisotopic (exact) mass is 257 g/mol. The second-order valence-corrected chi connectivity index (χ2v) is 4.99. The summed E-state index contributed by atoms with van der Waals surface area (Å²) in [6.45, 7) is 6.44. The Kier molecular flexibility index (Phi) is 10.1. The van der Waals surface area contributed by atoms with E-state index in [0.717, 1.165) is 25.0 Å². The minimum Gasteiger partial charge on any atom is -0.365 e. The lowest BCUT2D eigenvalue weighted by molar-refractivity contribution is 0.0610. The molecule has 0 spiro atoms. The van der Waals surface area contributed by atoms with E-state index in [1.54, 1.807) is 0 Å². The van der Waals surface area contributed by atoms with Gasteiger partial charge in [0.1, 0.15) is 6.61 Å². The topological polar surface area (TPSA) is 38.3 Å². The molecule has 0 bridgehead atoms. The average Bonchev–Trinajstić information content (AvgIpc) is 2.33. The molecule has 0 saturated carbocycles. The molecule has 3 nitrogen and oxygen atoms in total. The molecule has 0 saturated heterocycles. The molecule has 0 rings (SSSR count). The van der Waals surface area contributed by atoms with Crippen molar-refractivity contribution in [3.8, 4) is 12.3 Å². The van der Waals surface area contributed by atoms with Crippen molar-refractivity contribution < 1.29 is 9.53 Å². The van der Waals surface area contributed by atoms with Crippen LogP contribution in [0.5, 0.6) is 0 Å². The van der Waals surface area contributed by atoms with Crippen molar-refractivity contribution >= 4 is 17.0 Å². The first-order valence-electron chi connectivity index (χ1n) is 6.16. The minimum atomic E-state index is 0.0474. The SMILES string of the molecule is C#CCOC(CC)CC(CC)NC(=O)SCC. The van der Waals surface area contributed by atoms with Crippen molar-refractivity contribution in [1.82, 2.24) is 5.32 Å². The Balaban J connectivity index is 4.08. The lowest BCUT2D eigenvalue weighted by atomic mass is 10.1. The van der Waals surface area contributed by atoms with Gasteiger partial charge < -0.3 is 10.1 Å². The molecule has 1 N–H and O–H groups in total. The zero-order chi connectivity index (χ0) is 13.1. The summed E-state index contributed by atoms with van der Waals surface area (Å²) in [4.78, 5) is 11.5. The molecule has 0 aliphatic carbocycles. The van der Waals surface area contributed by atoms with Crippen molar-refractivity contribution in [3.63, 3.8) is 0 Å². The molecule has 98 valence electrons. The highest BCUT2D eigenvalue weighted by molar-refractivity contribution is 8.13. The van der Waals surface area contributed by atoms with Gasteiger partial charge in [-0.1, -0.05) is 38.5 Å². The third kappa shape index (κ3) is 8.12. The largest absolute Gasteiger partial charge is 0.365 e. The summed E-state index contributed by atoms with van der Waals surface area (Å²) in [6, 6.07) is 0.171. The first-order valence-corrected chi connectivity index (χ1v) is 7.14. The molecule has 17 heavy (non-hydrogen) atoms. The maximum Gasteiger partial charge on any atom is 0.279 e. The van der Waals surface area contributed by atoms with E-state index in [1.165, 1.54) is 11.8 Å². The van der Waals surface area contributed by atoms with Crippen LogP contribution in [0.1, 0.15) is 40.0 Å². The van der Waals surface area contributed by atoms with Crippen LogP contribution in [-0.2, 0) is 4.74 Å². The maximum atomic E-state index is 11.5. The summed E-state index contributed by atoms with van der Waals surface area (Å²) in [5, 5.41) is 3.05. The fourth-order valence-corrected chi connectivity index (χ4v) is 2.02. The molecule has 1 amide bonds. The standard InChI is InChI=1S/C13H23NO2S/c1-5-9-16-12(7-3)10-11(6-2)14-13(15)17-8-4/h1,11-12H,6-10H2,2-4H3,(H,14,15). The molecular formula is C13H23NO2S. The Morgan fingerprint density at radius 1 is 1.41 bits per heavy atom. The fourth-order valence-electron chi connectivity index (χ4n) is 1.50. The molecule has 2 unspecified atom stereocenters. The number of rotatable bonds is 8. The molecule has 4 heteroatoms. The minimum absolute atomic E-state index is 0.0474. The summed E-state index contributed by atoms with van der Waals surface area (Å²) in [5.41, 5.74) is 0. The van der Waals surface area contributed by atoms with Gasteiger partial charge in [-0.3, -0.25) is 4.79 Å². The van der Waals surface area contributed by atoms with Crippen molar-refractivity contribution in [1.29, 1.82) is 0 Å². The van der Waals surface area contributed by atoms with Gasteiger partial charge >= 0.3 is 0 Å². The Morgan fingerprint density at radius 2 is 2.12 bits per heavy atom. The second kappa shape index (κ2) is 10.5. The predicted octanol–water partition coefficient (Wildman–Crippen LogP) is 3.05. The smallest absolute Gasteiger partial charge is 0.279 e. The number of terminal acetylenes is 1. The highest BCUT2D eigenvalue weighted by Gasteiger charge is 2.16. The van der Waals surface area contributed by atoms with Crippen molar-refractivity contribution in [2.24, 2.45) is 0 Å². The van der Waals surface area contributed by atoms with Crippen molar-refractivity contribution in [2.75, 3.05) is 12.4 Å². The highest BCUT2D eigenvalue weighted by Crippen LogP contribution is 2.11. The summed E-state index contributed by atoms with van der Waals surface area (Å²) in [6.07, 6.45) is 7.94. The van der Waals surface area contributed by atoms with Crippen LogP contribution < -0.4 is 5.32 Å². The number of hydrogen-bond donors (Lipinski definition) is 1.